The van der Waals surface area contributed by atoms with E-state index in [0.717, 1.165) is 62.6 Å². The van der Waals surface area contributed by atoms with Gasteiger partial charge in [-0.05, 0) is 91.4 Å². The van der Waals surface area contributed by atoms with E-state index < -0.39 is 0 Å². The molecule has 0 saturated carbocycles. The fourth-order valence-corrected chi connectivity index (χ4v) is 8.56. The number of pyridine rings is 1. The summed E-state index contributed by atoms with van der Waals surface area (Å²) in [6.45, 7) is 18.3. The number of aromatic nitrogens is 1. The van der Waals surface area contributed by atoms with Crippen molar-refractivity contribution in [3.63, 3.8) is 0 Å². The number of fused-ring (bicyclic) bond motifs is 4. The fourth-order valence-electron chi connectivity index (χ4n) is 8.56. The van der Waals surface area contributed by atoms with Crippen LogP contribution >= 0.6 is 0 Å². The first-order valence-electron chi connectivity index (χ1n) is 19.4. The van der Waals surface area contributed by atoms with Gasteiger partial charge in [-0.2, -0.15) is 0 Å². The molecule has 266 valence electrons. The smallest absolute Gasteiger partial charge is 0.125 e. The van der Waals surface area contributed by atoms with Crippen molar-refractivity contribution in [1.82, 2.24) is 4.98 Å². The number of phenolic OH excluding ortho intramolecular Hbond substituents is 1. The Morgan fingerprint density at radius 2 is 1.21 bits per heavy atom. The number of rotatable bonds is 8. The van der Waals surface area contributed by atoms with Crippen LogP contribution in [-0.4, -0.2) is 15.8 Å². The summed E-state index contributed by atoms with van der Waals surface area (Å²) in [6, 6.07) is 39.6. The zero-order valence-electron chi connectivity index (χ0n) is 32.3. The van der Waals surface area contributed by atoms with Crippen LogP contribution in [0.1, 0.15) is 135 Å². The highest BCUT2D eigenvalue weighted by Gasteiger charge is 2.36. The van der Waals surface area contributed by atoms with Crippen molar-refractivity contribution >= 4 is 11.4 Å². The van der Waals surface area contributed by atoms with E-state index in [1.807, 2.05) is 6.07 Å². The molecule has 8 rings (SSSR count). The van der Waals surface area contributed by atoms with Crippen molar-refractivity contribution in [2.24, 2.45) is 4.99 Å². The van der Waals surface area contributed by atoms with Crippen molar-refractivity contribution in [2.45, 2.75) is 91.4 Å². The van der Waals surface area contributed by atoms with Crippen LogP contribution in [0.2, 0.25) is 0 Å². The molecular weight excluding hydrogens is 645 g/mol. The lowest BCUT2D eigenvalue weighted by Crippen LogP contribution is -2.17. The summed E-state index contributed by atoms with van der Waals surface area (Å²) in [4.78, 5) is 11.3. The maximum Gasteiger partial charge on any atom is 0.125 e. The molecule has 0 bridgehead atoms. The van der Waals surface area contributed by atoms with Crippen molar-refractivity contribution in [1.29, 1.82) is 0 Å². The molecule has 3 heteroatoms. The second-order valence-corrected chi connectivity index (χ2v) is 16.3. The molecule has 1 aliphatic carbocycles. The van der Waals surface area contributed by atoms with E-state index in [4.69, 9.17) is 9.98 Å². The summed E-state index contributed by atoms with van der Waals surface area (Å²) < 4.78 is 0. The highest BCUT2D eigenvalue weighted by Crippen LogP contribution is 2.52. The van der Waals surface area contributed by atoms with E-state index in [0.29, 0.717) is 23.7 Å². The molecule has 0 amide bonds. The molecule has 1 N–H and O–H groups in total. The average Bonchev–Trinajstić information content (AvgIpc) is 3.73. The second-order valence-electron chi connectivity index (χ2n) is 16.3. The highest BCUT2D eigenvalue weighted by molar-refractivity contribution is 6.13. The summed E-state index contributed by atoms with van der Waals surface area (Å²) in [6.07, 6.45) is 0.746. The Balaban J connectivity index is 1.44. The SMILES string of the molecule is CC(C)c1cc(-c2cc3c(nc2-c2cccc4c2N=C(c2ccccc2)C4c2c(C(C)C)cccc2C(C)C)-c2c(O)cccc2C3)cc(C(C)C)c1. The summed E-state index contributed by atoms with van der Waals surface area (Å²) in [5.41, 5.74) is 19.4. The first-order valence-corrected chi connectivity index (χ1v) is 19.4. The van der Waals surface area contributed by atoms with E-state index in [1.165, 1.54) is 38.9 Å². The Morgan fingerprint density at radius 1 is 0.566 bits per heavy atom. The van der Waals surface area contributed by atoms with Crippen molar-refractivity contribution in [3.05, 3.63) is 159 Å². The molecule has 2 aliphatic rings. The van der Waals surface area contributed by atoms with E-state index in [9.17, 15) is 5.11 Å². The van der Waals surface area contributed by atoms with E-state index in [1.54, 1.807) is 6.07 Å². The number of phenols is 1. The van der Waals surface area contributed by atoms with Crippen LogP contribution in [0.25, 0.3) is 33.6 Å². The Labute approximate surface area is 315 Å². The molecule has 0 radical (unpaired) electrons. The molecule has 6 aromatic rings. The number of hydrogen-bond acceptors (Lipinski definition) is 3. The van der Waals surface area contributed by atoms with Crippen LogP contribution < -0.4 is 0 Å². The van der Waals surface area contributed by atoms with Gasteiger partial charge in [0, 0.05) is 23.1 Å². The summed E-state index contributed by atoms with van der Waals surface area (Å²) in [5, 5.41) is 11.2. The second kappa shape index (κ2) is 13.6. The van der Waals surface area contributed by atoms with Gasteiger partial charge >= 0.3 is 0 Å². The molecular formula is C50H50N2O. The maximum absolute atomic E-state index is 11.2. The van der Waals surface area contributed by atoms with Gasteiger partial charge in [-0.15, -0.1) is 0 Å². The van der Waals surface area contributed by atoms with Gasteiger partial charge in [0.1, 0.15) is 5.75 Å². The number of nitrogens with zero attached hydrogens (tertiary/aromatic N) is 2. The average molecular weight is 695 g/mol. The normalized spacial score (nSPS) is 14.6. The first kappa shape index (κ1) is 34.8. The predicted octanol–water partition coefficient (Wildman–Crippen LogP) is 13.5. The van der Waals surface area contributed by atoms with E-state index in [-0.39, 0.29) is 11.7 Å². The molecule has 1 aliphatic heterocycles. The zero-order chi connectivity index (χ0) is 37.1. The predicted molar refractivity (Wildman–Crippen MR) is 222 cm³/mol. The largest absolute Gasteiger partial charge is 0.507 e. The van der Waals surface area contributed by atoms with E-state index in [2.05, 4.69) is 152 Å². The summed E-state index contributed by atoms with van der Waals surface area (Å²) in [7, 11) is 0. The Hall–Kier alpha value is -5.28. The molecule has 0 saturated heterocycles. The van der Waals surface area contributed by atoms with Crippen LogP contribution in [-0.2, 0) is 6.42 Å². The van der Waals surface area contributed by atoms with Gasteiger partial charge in [-0.3, -0.25) is 4.99 Å². The quantitative estimate of drug-likeness (QED) is 0.172. The molecule has 5 aromatic carbocycles. The van der Waals surface area contributed by atoms with Crippen molar-refractivity contribution in [2.75, 3.05) is 0 Å². The molecule has 2 heterocycles. The molecule has 1 atom stereocenters. The third kappa shape index (κ3) is 6.01. The van der Waals surface area contributed by atoms with Crippen LogP contribution in [0, 0.1) is 0 Å². The molecule has 3 nitrogen and oxygen atoms in total. The van der Waals surface area contributed by atoms with Gasteiger partial charge in [0.25, 0.3) is 0 Å². The van der Waals surface area contributed by atoms with Crippen molar-refractivity contribution < 1.29 is 5.11 Å². The van der Waals surface area contributed by atoms with Gasteiger partial charge < -0.3 is 5.11 Å². The number of benzene rings is 5. The minimum absolute atomic E-state index is 0.0252. The van der Waals surface area contributed by atoms with Gasteiger partial charge in [0.05, 0.1) is 28.7 Å². The maximum atomic E-state index is 11.2. The summed E-state index contributed by atoms with van der Waals surface area (Å²) in [5.74, 6) is 1.74. The fraction of sp³-hybridized carbons (Fsp3) is 0.280. The first-order chi connectivity index (χ1) is 25.5. The molecule has 53 heavy (non-hydrogen) atoms. The van der Waals surface area contributed by atoms with Gasteiger partial charge in [-0.25, -0.2) is 4.98 Å². The Morgan fingerprint density at radius 3 is 1.85 bits per heavy atom. The minimum atomic E-state index is -0.0252. The Bertz CT molecular complexity index is 2340. The highest BCUT2D eigenvalue weighted by atomic mass is 16.3. The van der Waals surface area contributed by atoms with Gasteiger partial charge in [-0.1, -0.05) is 152 Å². The van der Waals surface area contributed by atoms with Gasteiger partial charge in [0.2, 0.25) is 0 Å². The molecule has 1 aromatic heterocycles. The lowest BCUT2D eigenvalue weighted by Gasteiger charge is -2.26. The Kier molecular flexibility index (Phi) is 8.93. The van der Waals surface area contributed by atoms with Gasteiger partial charge in [0.15, 0.2) is 0 Å². The number of hydrogen-bond donors (Lipinski definition) is 1. The third-order valence-electron chi connectivity index (χ3n) is 11.4. The third-order valence-corrected chi connectivity index (χ3v) is 11.4. The van der Waals surface area contributed by atoms with Crippen LogP contribution in [0.15, 0.2) is 114 Å². The van der Waals surface area contributed by atoms with E-state index >= 15 is 0 Å². The number of para-hydroxylation sites is 1. The lowest BCUT2D eigenvalue weighted by molar-refractivity contribution is 0.477. The number of aromatic hydroxyl groups is 1. The molecule has 1 unspecified atom stereocenters. The summed E-state index contributed by atoms with van der Waals surface area (Å²) >= 11 is 0. The number of aliphatic imine (C=N–C) groups is 1. The molecule has 0 spiro atoms. The minimum Gasteiger partial charge on any atom is -0.507 e. The standard InChI is InChI=1S/C50H50N2O/c1-28(2)34-24-35(29(3)4)26-36(25-34)42-27-37-23-33-17-12-22-43(53)44(33)48(37)52-50(42)41-21-14-20-40-46(47(51-49(40)41)32-15-10-9-11-16-32)45-38(30(5)6)18-13-19-39(45)31(7)8/h9-22,24-31,46,53H,23H2,1-8H3. The zero-order valence-corrected chi connectivity index (χ0v) is 32.3. The topological polar surface area (TPSA) is 45.5 Å². The van der Waals surface area contributed by atoms with Crippen LogP contribution in [0.3, 0.4) is 0 Å². The lowest BCUT2D eigenvalue weighted by atomic mass is 9.76. The van der Waals surface area contributed by atoms with Crippen molar-refractivity contribution in [3.8, 4) is 39.4 Å². The van der Waals surface area contributed by atoms with Crippen LogP contribution in [0.4, 0.5) is 5.69 Å². The van der Waals surface area contributed by atoms with Crippen LogP contribution in [0.5, 0.6) is 5.75 Å². The molecule has 0 fully saturated rings. The monoisotopic (exact) mass is 694 g/mol.